The Balaban J connectivity index is 1.53. The van der Waals surface area contributed by atoms with Gasteiger partial charge in [-0.05, 0) is 59.2 Å². The Hall–Kier alpha value is -2.37. The van der Waals surface area contributed by atoms with Crippen molar-refractivity contribution >= 4 is 69.9 Å². The number of nitrogens with one attached hydrogen (secondary N) is 1. The molecule has 0 spiro atoms. The van der Waals surface area contributed by atoms with E-state index in [-0.39, 0.29) is 18.0 Å². The second-order valence-electron chi connectivity index (χ2n) is 8.05. The Bertz CT molecular complexity index is 1270. The van der Waals surface area contributed by atoms with Crippen LogP contribution in [0.5, 0.6) is 0 Å². The summed E-state index contributed by atoms with van der Waals surface area (Å²) in [6, 6.07) is 15.6. The smallest absolute Gasteiger partial charge is 0.231 e. The first-order valence-electron chi connectivity index (χ1n) is 10.3. The topological polar surface area (TPSA) is 46.2 Å². The number of hydrogen-bond donors (Lipinski definition) is 1. The van der Waals surface area contributed by atoms with E-state index < -0.39 is 22.1 Å². The highest BCUT2D eigenvalue weighted by molar-refractivity contribution is 6.53. The van der Waals surface area contributed by atoms with Crippen molar-refractivity contribution in [3.8, 4) is 0 Å². The van der Waals surface area contributed by atoms with Crippen molar-refractivity contribution < 1.29 is 14.0 Å². The predicted molar refractivity (Wildman–Crippen MR) is 137 cm³/mol. The molecule has 3 nitrogen and oxygen atoms in total. The molecule has 1 aliphatic rings. The van der Waals surface area contributed by atoms with Crippen LogP contribution in [0.25, 0.3) is 6.08 Å². The lowest BCUT2D eigenvalue weighted by Gasteiger charge is -2.11. The molecular formula is C26H18Cl4FNO2. The molecule has 2 atom stereocenters. The number of benzene rings is 3. The molecule has 0 saturated heterocycles. The molecule has 34 heavy (non-hydrogen) atoms. The average molecular weight is 537 g/mol. The van der Waals surface area contributed by atoms with Crippen LogP contribution in [0.2, 0.25) is 10.0 Å². The van der Waals surface area contributed by atoms with E-state index in [1.807, 2.05) is 0 Å². The summed E-state index contributed by atoms with van der Waals surface area (Å²) in [5.74, 6) is -2.18. The minimum Gasteiger partial charge on any atom is -0.326 e. The lowest BCUT2D eigenvalue weighted by atomic mass is 9.97. The molecule has 0 aromatic heterocycles. The normalized spacial score (nSPS) is 18.3. The molecule has 8 heteroatoms. The lowest BCUT2D eigenvalue weighted by Crippen LogP contribution is -2.17. The first kappa shape index (κ1) is 24.7. The van der Waals surface area contributed by atoms with E-state index in [0.717, 1.165) is 0 Å². The van der Waals surface area contributed by atoms with Gasteiger partial charge in [0, 0.05) is 33.6 Å². The van der Waals surface area contributed by atoms with Gasteiger partial charge in [0.1, 0.15) is 10.2 Å². The molecule has 1 aliphatic carbocycles. The summed E-state index contributed by atoms with van der Waals surface area (Å²) in [7, 11) is 0. The highest BCUT2D eigenvalue weighted by Gasteiger charge is 2.67. The van der Waals surface area contributed by atoms with Crippen LogP contribution in [0.15, 0.2) is 67.2 Å². The number of amides is 1. The zero-order valence-corrected chi connectivity index (χ0v) is 20.6. The third kappa shape index (κ3) is 5.16. The van der Waals surface area contributed by atoms with E-state index in [2.05, 4.69) is 11.9 Å². The molecule has 3 aromatic carbocycles. The average Bonchev–Trinajstić information content (AvgIpc) is 3.36. The van der Waals surface area contributed by atoms with Gasteiger partial charge in [-0.25, -0.2) is 4.39 Å². The quantitative estimate of drug-likeness (QED) is 0.248. The predicted octanol–water partition coefficient (Wildman–Crippen LogP) is 7.73. The van der Waals surface area contributed by atoms with E-state index in [0.29, 0.717) is 38.0 Å². The minimum atomic E-state index is -1.32. The fourth-order valence-corrected chi connectivity index (χ4v) is 5.35. The third-order valence-corrected chi connectivity index (χ3v) is 7.08. The van der Waals surface area contributed by atoms with Gasteiger partial charge < -0.3 is 5.32 Å². The van der Waals surface area contributed by atoms with Gasteiger partial charge in [0.15, 0.2) is 5.78 Å². The van der Waals surface area contributed by atoms with Crippen LogP contribution in [0.3, 0.4) is 0 Å². The van der Waals surface area contributed by atoms with Crippen molar-refractivity contribution in [2.24, 2.45) is 5.92 Å². The number of halogens is 5. The zero-order chi connectivity index (χ0) is 24.6. The van der Waals surface area contributed by atoms with Crippen molar-refractivity contribution in [2.45, 2.75) is 16.7 Å². The largest absolute Gasteiger partial charge is 0.326 e. The fraction of sp³-hybridized carbons (Fsp3) is 0.154. The first-order chi connectivity index (χ1) is 16.1. The van der Waals surface area contributed by atoms with Gasteiger partial charge in [-0.1, -0.05) is 54.1 Å². The van der Waals surface area contributed by atoms with Gasteiger partial charge in [-0.2, -0.15) is 0 Å². The fourth-order valence-electron chi connectivity index (χ4n) is 3.98. The van der Waals surface area contributed by atoms with E-state index in [1.165, 1.54) is 12.1 Å². The van der Waals surface area contributed by atoms with Crippen molar-refractivity contribution in [3.05, 3.63) is 105 Å². The van der Waals surface area contributed by atoms with Crippen LogP contribution in [0.4, 0.5) is 10.1 Å². The van der Waals surface area contributed by atoms with Gasteiger partial charge in [0.05, 0.1) is 5.92 Å². The molecule has 0 bridgehead atoms. The highest BCUT2D eigenvalue weighted by Crippen LogP contribution is 2.65. The van der Waals surface area contributed by atoms with Gasteiger partial charge in [-0.15, -0.1) is 23.2 Å². The number of hydrogen-bond acceptors (Lipinski definition) is 2. The van der Waals surface area contributed by atoms with Gasteiger partial charge in [0.2, 0.25) is 5.91 Å². The van der Waals surface area contributed by atoms with Gasteiger partial charge in [-0.3, -0.25) is 9.59 Å². The van der Waals surface area contributed by atoms with E-state index in [4.69, 9.17) is 46.4 Å². The Labute approximate surface area is 216 Å². The van der Waals surface area contributed by atoms with E-state index in [9.17, 15) is 14.0 Å². The SMILES string of the molecule is C=Cc1ccc(NC(=O)C2C(c3cc(Cl)cc(Cl)c3)C2(Cl)Cl)cc1C(=O)Cc1ccc(F)cc1. The van der Waals surface area contributed by atoms with Crippen molar-refractivity contribution in [1.82, 2.24) is 0 Å². The van der Waals surface area contributed by atoms with Crippen molar-refractivity contribution in [1.29, 1.82) is 0 Å². The number of anilines is 1. The molecule has 1 saturated carbocycles. The lowest BCUT2D eigenvalue weighted by molar-refractivity contribution is -0.117. The van der Waals surface area contributed by atoms with Crippen LogP contribution in [-0.4, -0.2) is 16.0 Å². The summed E-state index contributed by atoms with van der Waals surface area (Å²) in [5, 5.41) is 3.63. The van der Waals surface area contributed by atoms with Crippen molar-refractivity contribution in [2.75, 3.05) is 5.32 Å². The Morgan fingerprint density at radius 2 is 1.65 bits per heavy atom. The van der Waals surface area contributed by atoms with Crippen LogP contribution in [-0.2, 0) is 11.2 Å². The molecular weight excluding hydrogens is 519 g/mol. The Morgan fingerprint density at radius 1 is 1.00 bits per heavy atom. The Morgan fingerprint density at radius 3 is 2.26 bits per heavy atom. The number of carbonyl (C=O) groups is 2. The maximum Gasteiger partial charge on any atom is 0.231 e. The van der Waals surface area contributed by atoms with Crippen molar-refractivity contribution in [3.63, 3.8) is 0 Å². The summed E-state index contributed by atoms with van der Waals surface area (Å²) in [6.07, 6.45) is 1.64. The summed E-state index contributed by atoms with van der Waals surface area (Å²) in [4.78, 5) is 26.0. The Kier molecular flexibility index (Phi) is 7.07. The molecule has 1 N–H and O–H groups in total. The van der Waals surface area contributed by atoms with E-state index >= 15 is 0 Å². The van der Waals surface area contributed by atoms with E-state index in [1.54, 1.807) is 54.6 Å². The number of rotatable bonds is 7. The number of alkyl halides is 2. The highest BCUT2D eigenvalue weighted by atomic mass is 35.5. The van der Waals surface area contributed by atoms with Crippen LogP contribution >= 0.6 is 46.4 Å². The number of Topliss-reactive ketones (excluding diaryl/α,β-unsaturated/α-hetero) is 1. The number of carbonyl (C=O) groups excluding carboxylic acids is 2. The molecule has 2 unspecified atom stereocenters. The molecule has 174 valence electrons. The third-order valence-electron chi connectivity index (χ3n) is 5.70. The van der Waals surface area contributed by atoms with Crippen LogP contribution in [0.1, 0.15) is 33.0 Å². The second kappa shape index (κ2) is 9.71. The number of ketones is 1. The minimum absolute atomic E-state index is 0.0746. The second-order valence-corrected chi connectivity index (χ2v) is 10.4. The van der Waals surface area contributed by atoms with Crippen LogP contribution in [0, 0.1) is 11.7 Å². The standard InChI is InChI=1S/C26H18Cl4FNO2/c1-2-15-5-8-20(13-21(15)22(33)9-14-3-6-19(31)7-4-14)32-25(34)24-23(26(24,29)30)16-10-17(27)12-18(28)11-16/h2-8,10-13,23-24H,1,9H2,(H,32,34). The van der Waals surface area contributed by atoms with Gasteiger partial charge in [0.25, 0.3) is 0 Å². The molecule has 3 aromatic rings. The molecule has 0 heterocycles. The maximum atomic E-state index is 13.2. The summed E-state index contributed by atoms with van der Waals surface area (Å²) in [5.41, 5.74) is 2.75. The summed E-state index contributed by atoms with van der Waals surface area (Å²) < 4.78 is 11.9. The summed E-state index contributed by atoms with van der Waals surface area (Å²) in [6.45, 7) is 3.75. The zero-order valence-electron chi connectivity index (χ0n) is 17.6. The molecule has 0 radical (unpaired) electrons. The molecule has 0 aliphatic heterocycles. The first-order valence-corrected chi connectivity index (χ1v) is 11.8. The monoisotopic (exact) mass is 535 g/mol. The molecule has 1 amide bonds. The molecule has 1 fully saturated rings. The molecule has 4 rings (SSSR count). The maximum absolute atomic E-state index is 13.2. The van der Waals surface area contributed by atoms with Crippen LogP contribution < -0.4 is 5.32 Å². The summed E-state index contributed by atoms with van der Waals surface area (Å²) >= 11 is 25.0. The van der Waals surface area contributed by atoms with Gasteiger partial charge >= 0.3 is 0 Å².